The molecule has 1 unspecified atom stereocenters. The van der Waals surface area contributed by atoms with Gasteiger partial charge in [-0.25, -0.2) is 14.4 Å². The van der Waals surface area contributed by atoms with Gasteiger partial charge in [-0.3, -0.25) is 34.7 Å². The first-order valence-electron chi connectivity index (χ1n) is 18.4. The van der Waals surface area contributed by atoms with Gasteiger partial charge in [0.2, 0.25) is 11.8 Å². The minimum Gasteiger partial charge on any atom is -0.477 e. The summed E-state index contributed by atoms with van der Waals surface area (Å²) in [5, 5.41) is 41.9. The number of nitro groups is 2. The van der Waals surface area contributed by atoms with E-state index in [1.165, 1.54) is 83.4 Å². The van der Waals surface area contributed by atoms with Crippen LogP contribution >= 0.6 is 11.8 Å². The molecule has 308 valence electrons. The normalized spacial score (nSPS) is 24.7. The lowest BCUT2D eigenvalue weighted by Crippen LogP contribution is -2.63. The predicted octanol–water partition coefficient (Wildman–Crippen LogP) is 3.37. The van der Waals surface area contributed by atoms with Crippen LogP contribution in [0.5, 0.6) is 0 Å². The van der Waals surface area contributed by atoms with Gasteiger partial charge in [0.25, 0.3) is 11.4 Å². The Morgan fingerprint density at radius 2 is 1.53 bits per heavy atom. The number of non-ortho nitro benzene ring substituents is 2. The average Bonchev–Trinajstić information content (AvgIpc) is 3.72. The number of aliphatic hydroxyl groups excluding tert-OH is 1. The molecule has 3 fully saturated rings. The number of aliphatic hydroxyl groups is 1. The van der Waals surface area contributed by atoms with Gasteiger partial charge in [-0.2, -0.15) is 4.99 Å². The lowest BCUT2D eigenvalue weighted by molar-refractivity contribution is -0.385. The van der Waals surface area contributed by atoms with Crippen LogP contribution in [0.15, 0.2) is 64.1 Å². The Morgan fingerprint density at radius 1 is 0.948 bits per heavy atom. The van der Waals surface area contributed by atoms with Crippen LogP contribution < -0.4 is 0 Å². The Hall–Kier alpha value is -6.09. The number of likely N-dealkylation sites (tertiary alicyclic amines) is 1. The van der Waals surface area contributed by atoms with Crippen LogP contribution in [0.3, 0.4) is 0 Å². The molecule has 0 radical (unpaired) electrons. The van der Waals surface area contributed by atoms with Gasteiger partial charge in [-0.05, 0) is 55.7 Å². The molecule has 0 bridgehead atoms. The van der Waals surface area contributed by atoms with Crippen molar-refractivity contribution in [2.45, 2.75) is 69.9 Å². The number of carboxylic acids is 1. The van der Waals surface area contributed by atoms with Gasteiger partial charge in [0.15, 0.2) is 0 Å². The number of thioether (sulfide) groups is 1. The molecule has 4 aliphatic heterocycles. The molecule has 4 heterocycles. The summed E-state index contributed by atoms with van der Waals surface area (Å²) in [4.78, 5) is 96.6. The molecular formula is C37H41N7O13S. The Bertz CT molecular complexity index is 2040. The zero-order valence-electron chi connectivity index (χ0n) is 31.6. The topological polar surface area (TPSA) is 256 Å². The number of ether oxygens (including phenoxy) is 2. The van der Waals surface area contributed by atoms with Crippen molar-refractivity contribution in [2.24, 2.45) is 16.8 Å². The summed E-state index contributed by atoms with van der Waals surface area (Å²) in [7, 11) is 0. The van der Waals surface area contributed by atoms with Gasteiger partial charge in [-0.1, -0.05) is 6.92 Å². The molecule has 0 aliphatic carbocycles. The summed E-state index contributed by atoms with van der Waals surface area (Å²) in [5.41, 5.74) is 0.608. The highest BCUT2D eigenvalue weighted by Crippen LogP contribution is 2.52. The highest BCUT2D eigenvalue weighted by Gasteiger charge is 2.60. The third-order valence-corrected chi connectivity index (χ3v) is 12.2. The number of nitro benzene ring substituents is 2. The van der Waals surface area contributed by atoms with E-state index in [0.717, 1.165) is 0 Å². The van der Waals surface area contributed by atoms with Crippen molar-refractivity contribution in [3.63, 3.8) is 0 Å². The van der Waals surface area contributed by atoms with Gasteiger partial charge < -0.3 is 34.4 Å². The van der Waals surface area contributed by atoms with E-state index in [2.05, 4.69) is 4.99 Å². The minimum absolute atomic E-state index is 0.00585. The van der Waals surface area contributed by atoms with Crippen molar-refractivity contribution in [3.8, 4) is 0 Å². The monoisotopic (exact) mass is 823 g/mol. The SMILES string of the molecule is CC(O)[C@H]1C(=O)N2C(C(=O)O)=C(S[C@H]3C[C@@H](C(=O)N4CCN(C=NC(=O)OCc5ccc([N+](=O)[O-])cc5)[C@@H](C)C4)N(C(=O)OCc4ccc([N+](=O)[O-])cc4)C3)[C@H](C)[C@H]12. The molecule has 2 N–H and O–H groups in total. The number of piperazine rings is 1. The van der Waals surface area contributed by atoms with Crippen LogP contribution in [-0.2, 0) is 37.1 Å². The summed E-state index contributed by atoms with van der Waals surface area (Å²) in [6.07, 6.45) is -1.22. The summed E-state index contributed by atoms with van der Waals surface area (Å²) >= 11 is 1.19. The number of hydrogen-bond donors (Lipinski definition) is 2. The van der Waals surface area contributed by atoms with Crippen LogP contribution in [0, 0.1) is 32.1 Å². The second kappa shape index (κ2) is 17.2. The van der Waals surface area contributed by atoms with Crippen molar-refractivity contribution >= 4 is 59.4 Å². The van der Waals surface area contributed by atoms with Crippen molar-refractivity contribution < 1.29 is 53.5 Å². The van der Waals surface area contributed by atoms with Gasteiger partial charge in [0, 0.05) is 72.6 Å². The Balaban J connectivity index is 1.12. The maximum absolute atomic E-state index is 14.2. The molecule has 3 saturated heterocycles. The number of fused-ring (bicyclic) bond motifs is 1. The van der Waals surface area contributed by atoms with E-state index in [1.807, 2.05) is 6.92 Å². The maximum atomic E-state index is 14.2. The van der Waals surface area contributed by atoms with Crippen molar-refractivity contribution in [2.75, 3.05) is 26.2 Å². The zero-order chi connectivity index (χ0) is 42.0. The highest BCUT2D eigenvalue weighted by molar-refractivity contribution is 8.03. The molecule has 21 heteroatoms. The predicted molar refractivity (Wildman–Crippen MR) is 204 cm³/mol. The van der Waals surface area contributed by atoms with Gasteiger partial charge in [0.05, 0.1) is 34.2 Å². The number of aliphatic imine (C=N–C) groups is 1. The molecule has 0 saturated carbocycles. The van der Waals surface area contributed by atoms with E-state index in [0.29, 0.717) is 16.0 Å². The molecule has 2 aromatic rings. The number of carboxylic acid groups (broad SMARTS) is 1. The molecule has 4 amide bonds. The van der Waals surface area contributed by atoms with E-state index < -0.39 is 69.2 Å². The standard InChI is InChI=1S/C37H41N7O13S/c1-20-15-39(12-13-40(20)19-38-36(50)56-17-23-4-8-25(9-5-23)43(52)53)33(46)28-14-27(16-41(28)37(51)57-18-24-6-10-26(11-7-24)44(54)55)58-32-21(2)30-29(22(3)45)34(47)42(30)31(32)35(48)49/h4-11,19-22,27-30,45H,12-18H2,1-3H3,(H,48,49)/t20-,21+,22?,27-,28-,29+,30+/m0/s1. The maximum Gasteiger partial charge on any atom is 0.435 e. The first-order chi connectivity index (χ1) is 27.5. The number of carbonyl (C=O) groups excluding carboxylic acids is 4. The van der Waals surface area contributed by atoms with Gasteiger partial charge in [0.1, 0.15) is 25.0 Å². The Labute approximate surface area is 335 Å². The summed E-state index contributed by atoms with van der Waals surface area (Å²) in [5.74, 6) is -3.34. The smallest absolute Gasteiger partial charge is 0.435 e. The minimum atomic E-state index is -1.30. The number of nitrogens with zero attached hydrogens (tertiary/aromatic N) is 7. The van der Waals surface area contributed by atoms with Crippen LogP contribution in [0.1, 0.15) is 38.3 Å². The third kappa shape index (κ3) is 8.59. The van der Waals surface area contributed by atoms with E-state index in [9.17, 15) is 54.4 Å². The fraction of sp³-hybridized carbons (Fsp3) is 0.459. The molecule has 58 heavy (non-hydrogen) atoms. The second-order valence-electron chi connectivity index (χ2n) is 14.5. The van der Waals surface area contributed by atoms with E-state index in [-0.39, 0.29) is 74.8 Å². The van der Waals surface area contributed by atoms with Gasteiger partial charge >= 0.3 is 18.2 Å². The lowest BCUT2D eigenvalue weighted by atomic mass is 9.79. The van der Waals surface area contributed by atoms with Crippen molar-refractivity contribution in [3.05, 3.63) is 90.5 Å². The molecule has 0 aromatic heterocycles. The van der Waals surface area contributed by atoms with Crippen LogP contribution in [0.4, 0.5) is 21.0 Å². The van der Waals surface area contributed by atoms with Gasteiger partial charge in [-0.15, -0.1) is 11.8 Å². The van der Waals surface area contributed by atoms with Crippen LogP contribution in [-0.4, -0.2) is 132 Å². The molecular weight excluding hydrogens is 783 g/mol. The quantitative estimate of drug-likeness (QED) is 0.102. The lowest BCUT2D eigenvalue weighted by Gasteiger charge is -2.46. The number of rotatable bonds is 12. The van der Waals surface area contributed by atoms with Crippen LogP contribution in [0.2, 0.25) is 0 Å². The number of amides is 4. The zero-order valence-corrected chi connectivity index (χ0v) is 32.4. The third-order valence-electron chi connectivity index (χ3n) is 10.7. The number of aliphatic carboxylic acids is 1. The molecule has 7 atom stereocenters. The van der Waals surface area contributed by atoms with E-state index in [1.54, 1.807) is 16.7 Å². The van der Waals surface area contributed by atoms with Crippen molar-refractivity contribution in [1.82, 2.24) is 19.6 Å². The largest absolute Gasteiger partial charge is 0.477 e. The first kappa shape index (κ1) is 41.5. The van der Waals surface area contributed by atoms with E-state index >= 15 is 0 Å². The Morgan fingerprint density at radius 3 is 2.07 bits per heavy atom. The first-order valence-corrected chi connectivity index (χ1v) is 19.2. The van der Waals surface area contributed by atoms with Crippen molar-refractivity contribution in [1.29, 1.82) is 0 Å². The average molecular weight is 824 g/mol. The molecule has 20 nitrogen and oxygen atoms in total. The highest BCUT2D eigenvalue weighted by atomic mass is 32.2. The van der Waals surface area contributed by atoms with Crippen LogP contribution in [0.25, 0.3) is 0 Å². The number of benzene rings is 2. The second-order valence-corrected chi connectivity index (χ2v) is 15.8. The fourth-order valence-corrected chi connectivity index (χ4v) is 9.21. The molecule has 0 spiro atoms. The summed E-state index contributed by atoms with van der Waals surface area (Å²) in [6, 6.07) is 9.13. The molecule has 6 rings (SSSR count). The summed E-state index contributed by atoms with van der Waals surface area (Å²) in [6.45, 7) is 5.41. The fourth-order valence-electron chi connectivity index (χ4n) is 7.69. The number of hydrogen-bond acceptors (Lipinski definition) is 13. The molecule has 4 aliphatic rings. The van der Waals surface area contributed by atoms with E-state index in [4.69, 9.17) is 9.47 Å². The molecule has 2 aromatic carbocycles. The summed E-state index contributed by atoms with van der Waals surface area (Å²) < 4.78 is 10.7. The number of carbonyl (C=O) groups is 5. The number of β-lactam (4-membered cyclic amide) rings is 1. The Kier molecular flexibility index (Phi) is 12.3.